The third kappa shape index (κ3) is 3.33. The molecule has 14 heavy (non-hydrogen) atoms. The van der Waals surface area contributed by atoms with Gasteiger partial charge >= 0.3 is 0 Å². The van der Waals surface area contributed by atoms with Crippen molar-refractivity contribution in [2.24, 2.45) is 0 Å². The van der Waals surface area contributed by atoms with Crippen molar-refractivity contribution in [1.82, 2.24) is 0 Å². The van der Waals surface area contributed by atoms with Crippen LogP contribution < -0.4 is 0 Å². The van der Waals surface area contributed by atoms with Gasteiger partial charge in [-0.2, -0.15) is 8.42 Å². The molecule has 5 nitrogen and oxygen atoms in total. The normalized spacial score (nSPS) is 13.9. The summed E-state index contributed by atoms with van der Waals surface area (Å²) in [5.41, 5.74) is 0.239. The molecule has 1 atom stereocenters. The van der Waals surface area contributed by atoms with Crippen LogP contribution in [0, 0.1) is 0 Å². The molecule has 1 aromatic carbocycles. The quantitative estimate of drug-likeness (QED) is 0.635. The van der Waals surface area contributed by atoms with Crippen molar-refractivity contribution in [3.05, 3.63) is 29.8 Å². The van der Waals surface area contributed by atoms with Gasteiger partial charge < -0.3 is 10.2 Å². The Morgan fingerprint density at radius 1 is 1.36 bits per heavy atom. The predicted octanol–water partition coefficient (Wildman–Crippen LogP) is 0.313. The maximum Gasteiger partial charge on any atom is 0.267 e. The van der Waals surface area contributed by atoms with Crippen molar-refractivity contribution < 1.29 is 23.2 Å². The van der Waals surface area contributed by atoms with Gasteiger partial charge in [0.1, 0.15) is 11.5 Å². The summed E-state index contributed by atoms with van der Waals surface area (Å²) in [6, 6.07) is 5.55. The summed E-state index contributed by atoms with van der Waals surface area (Å²) >= 11 is 0. The molecule has 1 unspecified atom stereocenters. The molecule has 78 valence electrons. The van der Waals surface area contributed by atoms with E-state index in [0.717, 1.165) is 0 Å². The predicted molar refractivity (Wildman–Crippen MR) is 49.5 cm³/mol. The molecule has 0 aliphatic carbocycles. The molecule has 1 aromatic rings. The fourth-order valence-electron chi connectivity index (χ4n) is 1.03. The summed E-state index contributed by atoms with van der Waals surface area (Å²) in [4.78, 5) is 0. The summed E-state index contributed by atoms with van der Waals surface area (Å²) in [5.74, 6) is -0.854. The van der Waals surface area contributed by atoms with E-state index >= 15 is 0 Å². The number of phenols is 1. The number of hydrogen-bond donors (Lipinski definition) is 3. The van der Waals surface area contributed by atoms with E-state index in [0.29, 0.717) is 0 Å². The van der Waals surface area contributed by atoms with E-state index in [-0.39, 0.29) is 11.3 Å². The van der Waals surface area contributed by atoms with Gasteiger partial charge in [-0.15, -0.1) is 0 Å². The van der Waals surface area contributed by atoms with Crippen LogP contribution in [0.4, 0.5) is 0 Å². The van der Waals surface area contributed by atoms with Crippen molar-refractivity contribution in [1.29, 1.82) is 0 Å². The van der Waals surface area contributed by atoms with Crippen molar-refractivity contribution in [3.63, 3.8) is 0 Å². The topological polar surface area (TPSA) is 94.8 Å². The van der Waals surface area contributed by atoms with E-state index < -0.39 is 22.0 Å². The molecule has 0 amide bonds. The molecule has 0 aliphatic heterocycles. The van der Waals surface area contributed by atoms with Crippen LogP contribution in [0.1, 0.15) is 11.7 Å². The van der Waals surface area contributed by atoms with Gasteiger partial charge in [-0.3, -0.25) is 4.55 Å². The van der Waals surface area contributed by atoms with Gasteiger partial charge in [0, 0.05) is 0 Å². The maximum absolute atomic E-state index is 10.4. The van der Waals surface area contributed by atoms with Crippen LogP contribution in [-0.2, 0) is 10.1 Å². The van der Waals surface area contributed by atoms with Crippen LogP contribution in [0.2, 0.25) is 0 Å². The number of benzene rings is 1. The molecular weight excluding hydrogens is 208 g/mol. The summed E-state index contributed by atoms with van der Waals surface area (Å²) in [6.45, 7) is 0. The minimum atomic E-state index is -4.22. The Bertz CT molecular complexity index is 411. The Hall–Kier alpha value is -1.11. The average molecular weight is 218 g/mol. The van der Waals surface area contributed by atoms with Crippen molar-refractivity contribution in [2.45, 2.75) is 6.10 Å². The highest BCUT2D eigenvalue weighted by atomic mass is 32.2. The number of rotatable bonds is 3. The fraction of sp³-hybridized carbons (Fsp3) is 0.250. The fourth-order valence-corrected chi connectivity index (χ4v) is 1.62. The molecule has 0 radical (unpaired) electrons. The summed E-state index contributed by atoms with van der Waals surface area (Å²) in [5, 5.41) is 18.4. The number of hydrogen-bond acceptors (Lipinski definition) is 4. The first-order chi connectivity index (χ1) is 6.38. The zero-order valence-corrected chi connectivity index (χ0v) is 7.98. The van der Waals surface area contributed by atoms with Crippen LogP contribution in [0.3, 0.4) is 0 Å². The van der Waals surface area contributed by atoms with Crippen LogP contribution >= 0.6 is 0 Å². The maximum atomic E-state index is 10.4. The van der Waals surface area contributed by atoms with Crippen molar-refractivity contribution in [2.75, 3.05) is 5.75 Å². The number of phenolic OH excluding ortho intramolecular Hbond substituents is 1. The lowest BCUT2D eigenvalue weighted by Crippen LogP contribution is -2.13. The average Bonchev–Trinajstić information content (AvgIpc) is 2.01. The first-order valence-corrected chi connectivity index (χ1v) is 5.41. The summed E-state index contributed by atoms with van der Waals surface area (Å²) in [7, 11) is -4.22. The lowest BCUT2D eigenvalue weighted by molar-refractivity contribution is 0.198. The van der Waals surface area contributed by atoms with E-state index in [9.17, 15) is 13.5 Å². The molecule has 6 heteroatoms. The van der Waals surface area contributed by atoms with Gasteiger partial charge in [-0.1, -0.05) is 12.1 Å². The third-order valence-electron chi connectivity index (χ3n) is 1.62. The molecule has 0 bridgehead atoms. The first-order valence-electron chi connectivity index (χ1n) is 3.80. The second-order valence-corrected chi connectivity index (χ2v) is 4.36. The van der Waals surface area contributed by atoms with Gasteiger partial charge in [0.05, 0.1) is 6.10 Å². The van der Waals surface area contributed by atoms with Crippen molar-refractivity contribution in [3.8, 4) is 5.75 Å². The zero-order valence-electron chi connectivity index (χ0n) is 7.16. The molecule has 0 heterocycles. The van der Waals surface area contributed by atoms with E-state index in [2.05, 4.69) is 0 Å². The number of aliphatic hydroxyl groups excluding tert-OH is 1. The standard InChI is InChI=1S/C8H10O5S/c9-7-3-1-2-6(4-7)8(10)5-14(11,12)13/h1-4,8-10H,5H2,(H,11,12,13). The SMILES string of the molecule is O=S(=O)(O)CC(O)c1cccc(O)c1. The van der Waals surface area contributed by atoms with Gasteiger partial charge in [0.2, 0.25) is 0 Å². The summed E-state index contributed by atoms with van der Waals surface area (Å²) in [6.07, 6.45) is -1.34. The van der Waals surface area contributed by atoms with Crippen LogP contribution in [0.25, 0.3) is 0 Å². The monoisotopic (exact) mass is 218 g/mol. The highest BCUT2D eigenvalue weighted by molar-refractivity contribution is 7.85. The minimum Gasteiger partial charge on any atom is -0.508 e. The van der Waals surface area contributed by atoms with Gasteiger partial charge in [-0.05, 0) is 17.7 Å². The highest BCUT2D eigenvalue weighted by Crippen LogP contribution is 2.18. The lowest BCUT2D eigenvalue weighted by atomic mass is 10.1. The van der Waals surface area contributed by atoms with E-state index in [4.69, 9.17) is 9.66 Å². The minimum absolute atomic E-state index is 0.0723. The second-order valence-electron chi connectivity index (χ2n) is 2.86. The smallest absolute Gasteiger partial charge is 0.267 e. The zero-order chi connectivity index (χ0) is 10.8. The van der Waals surface area contributed by atoms with E-state index in [1.165, 1.54) is 24.3 Å². The molecule has 0 saturated heterocycles. The molecule has 0 saturated carbocycles. The van der Waals surface area contributed by atoms with Crippen LogP contribution in [0.5, 0.6) is 5.75 Å². The molecule has 0 spiro atoms. The third-order valence-corrected chi connectivity index (χ3v) is 2.36. The Morgan fingerprint density at radius 2 is 2.00 bits per heavy atom. The molecule has 0 aliphatic rings. The Kier molecular flexibility index (Phi) is 3.10. The van der Waals surface area contributed by atoms with Crippen LogP contribution in [-0.4, -0.2) is 28.9 Å². The first kappa shape index (κ1) is 11.0. The van der Waals surface area contributed by atoms with E-state index in [1.807, 2.05) is 0 Å². The largest absolute Gasteiger partial charge is 0.508 e. The van der Waals surface area contributed by atoms with Crippen LogP contribution in [0.15, 0.2) is 24.3 Å². The molecule has 0 aromatic heterocycles. The molecule has 3 N–H and O–H groups in total. The molecule has 0 fully saturated rings. The highest BCUT2D eigenvalue weighted by Gasteiger charge is 2.15. The van der Waals surface area contributed by atoms with Gasteiger partial charge in [0.25, 0.3) is 10.1 Å². The number of aliphatic hydroxyl groups is 1. The summed E-state index contributed by atoms with van der Waals surface area (Å²) < 4.78 is 29.3. The Balaban J connectivity index is 2.85. The van der Waals surface area contributed by atoms with Gasteiger partial charge in [0.15, 0.2) is 0 Å². The number of aromatic hydroxyl groups is 1. The second kappa shape index (κ2) is 3.95. The Morgan fingerprint density at radius 3 is 2.50 bits per heavy atom. The molecular formula is C8H10O5S. The van der Waals surface area contributed by atoms with Crippen molar-refractivity contribution >= 4 is 10.1 Å². The lowest BCUT2D eigenvalue weighted by Gasteiger charge is -2.08. The Labute approximate surface area is 81.4 Å². The van der Waals surface area contributed by atoms with Gasteiger partial charge in [-0.25, -0.2) is 0 Å². The molecule has 1 rings (SSSR count). The van der Waals surface area contributed by atoms with E-state index in [1.54, 1.807) is 0 Å².